The van der Waals surface area contributed by atoms with E-state index >= 15 is 0 Å². The quantitative estimate of drug-likeness (QED) is 0.873. The van der Waals surface area contributed by atoms with Gasteiger partial charge in [-0.1, -0.05) is 51.1 Å². The molecule has 1 aliphatic heterocycles. The number of benzene rings is 1. The average molecular weight is 304 g/mol. The van der Waals surface area contributed by atoms with E-state index in [1.165, 1.54) is 4.90 Å². The smallest absolute Gasteiger partial charge is 0.246 e. The van der Waals surface area contributed by atoms with Crippen molar-refractivity contribution in [1.29, 1.82) is 0 Å². The fraction of sp³-hybridized carbons (Fsp3) is 0.556. The summed E-state index contributed by atoms with van der Waals surface area (Å²) in [5.41, 5.74) is 7.00. The normalized spacial score (nSPS) is 23.4. The largest absolute Gasteiger partial charge is 0.320 e. The first-order chi connectivity index (χ1) is 10.5. The van der Waals surface area contributed by atoms with Crippen LogP contribution < -0.4 is 5.73 Å². The van der Waals surface area contributed by atoms with Crippen LogP contribution in [0.25, 0.3) is 0 Å². The summed E-state index contributed by atoms with van der Waals surface area (Å²) >= 11 is 0. The van der Waals surface area contributed by atoms with Gasteiger partial charge in [-0.15, -0.1) is 0 Å². The molecule has 1 fully saturated rings. The van der Waals surface area contributed by atoms with Gasteiger partial charge < -0.3 is 5.73 Å². The van der Waals surface area contributed by atoms with Gasteiger partial charge in [0.2, 0.25) is 11.8 Å². The van der Waals surface area contributed by atoms with Crippen LogP contribution in [0.1, 0.15) is 46.1 Å². The lowest BCUT2D eigenvalue weighted by atomic mass is 10.0. The van der Waals surface area contributed by atoms with Crippen LogP contribution in [0.15, 0.2) is 30.3 Å². The van der Waals surface area contributed by atoms with E-state index in [1.807, 2.05) is 58.0 Å². The number of rotatable bonds is 3. The number of nitrogens with two attached hydrogens (primary N) is 1. The van der Waals surface area contributed by atoms with Crippen molar-refractivity contribution in [2.75, 3.05) is 0 Å². The second kappa shape index (κ2) is 8.69. The summed E-state index contributed by atoms with van der Waals surface area (Å²) < 4.78 is 0. The van der Waals surface area contributed by atoms with Crippen molar-refractivity contribution < 1.29 is 9.59 Å². The second-order valence-corrected chi connectivity index (χ2v) is 5.67. The molecule has 2 rings (SSSR count). The predicted octanol–water partition coefficient (Wildman–Crippen LogP) is 2.76. The van der Waals surface area contributed by atoms with Crippen molar-refractivity contribution in [2.24, 2.45) is 11.7 Å². The van der Waals surface area contributed by atoms with E-state index in [4.69, 9.17) is 5.73 Å². The summed E-state index contributed by atoms with van der Waals surface area (Å²) in [4.78, 5) is 26.1. The molecule has 0 bridgehead atoms. The van der Waals surface area contributed by atoms with Crippen LogP contribution in [-0.2, 0) is 16.0 Å². The van der Waals surface area contributed by atoms with Gasteiger partial charge in [0.25, 0.3) is 0 Å². The molecule has 22 heavy (non-hydrogen) atoms. The zero-order valence-electron chi connectivity index (χ0n) is 14.1. The first-order valence-corrected chi connectivity index (χ1v) is 8.17. The lowest BCUT2D eigenvalue weighted by Gasteiger charge is -2.29. The van der Waals surface area contributed by atoms with Crippen LogP contribution in [0.4, 0.5) is 0 Å². The fourth-order valence-electron chi connectivity index (χ4n) is 2.68. The third kappa shape index (κ3) is 4.41. The zero-order chi connectivity index (χ0) is 16.7. The summed E-state index contributed by atoms with van der Waals surface area (Å²) in [7, 11) is 0. The number of nitrogens with zero attached hydrogens (tertiary/aromatic N) is 1. The van der Waals surface area contributed by atoms with Crippen LogP contribution in [0.5, 0.6) is 0 Å². The van der Waals surface area contributed by atoms with Gasteiger partial charge in [-0.3, -0.25) is 14.5 Å². The molecule has 1 aromatic carbocycles. The highest BCUT2D eigenvalue weighted by atomic mass is 16.2. The van der Waals surface area contributed by atoms with Gasteiger partial charge in [0.05, 0.1) is 6.04 Å². The van der Waals surface area contributed by atoms with E-state index in [0.29, 0.717) is 19.3 Å². The number of carbonyl (C=O) groups is 2. The van der Waals surface area contributed by atoms with E-state index in [0.717, 1.165) is 5.56 Å². The molecule has 2 unspecified atom stereocenters. The van der Waals surface area contributed by atoms with Crippen molar-refractivity contribution in [3.05, 3.63) is 35.9 Å². The molecule has 1 saturated heterocycles. The van der Waals surface area contributed by atoms with Gasteiger partial charge in [0, 0.05) is 12.0 Å². The minimum absolute atomic E-state index is 0.0913. The number of hydrogen-bond donors (Lipinski definition) is 1. The van der Waals surface area contributed by atoms with Gasteiger partial charge in [-0.2, -0.15) is 0 Å². The highest BCUT2D eigenvalue weighted by Gasteiger charge is 2.36. The Bertz CT molecular complexity index is 465. The highest BCUT2D eigenvalue weighted by Crippen LogP contribution is 2.21. The van der Waals surface area contributed by atoms with Gasteiger partial charge in [0.1, 0.15) is 0 Å². The maximum Gasteiger partial charge on any atom is 0.246 e. The Hall–Kier alpha value is -1.68. The Morgan fingerprint density at radius 3 is 2.32 bits per heavy atom. The maximum atomic E-state index is 12.4. The van der Waals surface area contributed by atoms with Gasteiger partial charge in [-0.05, 0) is 31.7 Å². The van der Waals surface area contributed by atoms with Gasteiger partial charge >= 0.3 is 0 Å². The van der Waals surface area contributed by atoms with Crippen LogP contribution in [0, 0.1) is 5.92 Å². The average Bonchev–Trinajstić information content (AvgIpc) is 2.63. The molecule has 1 aromatic rings. The zero-order valence-corrected chi connectivity index (χ0v) is 14.1. The van der Waals surface area contributed by atoms with Gasteiger partial charge in [0.15, 0.2) is 0 Å². The van der Waals surface area contributed by atoms with Crippen LogP contribution in [-0.4, -0.2) is 28.8 Å². The molecule has 4 nitrogen and oxygen atoms in total. The Labute approximate surface area is 133 Å². The number of hydrogen-bond acceptors (Lipinski definition) is 3. The van der Waals surface area contributed by atoms with Crippen LogP contribution >= 0.6 is 0 Å². The molecule has 2 amide bonds. The number of likely N-dealkylation sites (tertiary alicyclic amines) is 1. The SMILES string of the molecule is CC.CC1CCC(N)C(=O)N([C@@H](C)Cc2ccccc2)C1=O. The Kier molecular flexibility index (Phi) is 7.25. The van der Waals surface area contributed by atoms with Crippen molar-refractivity contribution in [1.82, 2.24) is 4.90 Å². The molecule has 122 valence electrons. The third-order valence-corrected chi connectivity index (χ3v) is 3.94. The Balaban J connectivity index is 0.00000116. The first-order valence-electron chi connectivity index (χ1n) is 8.17. The highest BCUT2D eigenvalue weighted by molar-refractivity contribution is 5.99. The number of amides is 2. The summed E-state index contributed by atoms with van der Waals surface area (Å²) in [6, 6.07) is 9.17. The van der Waals surface area contributed by atoms with E-state index in [9.17, 15) is 9.59 Å². The van der Waals surface area contributed by atoms with E-state index in [1.54, 1.807) is 0 Å². The molecule has 0 aliphatic carbocycles. The van der Waals surface area contributed by atoms with E-state index in [-0.39, 0.29) is 23.8 Å². The topological polar surface area (TPSA) is 63.4 Å². The predicted molar refractivity (Wildman–Crippen MR) is 89.2 cm³/mol. The molecule has 4 heteroatoms. The van der Waals surface area contributed by atoms with Crippen molar-refractivity contribution >= 4 is 11.8 Å². The molecular formula is C18H28N2O2. The minimum Gasteiger partial charge on any atom is -0.320 e. The monoisotopic (exact) mass is 304 g/mol. The minimum atomic E-state index is -0.554. The summed E-state index contributed by atoms with van der Waals surface area (Å²) in [5.74, 6) is -0.458. The molecule has 0 radical (unpaired) electrons. The second-order valence-electron chi connectivity index (χ2n) is 5.67. The van der Waals surface area contributed by atoms with Crippen molar-refractivity contribution in [3.63, 3.8) is 0 Å². The van der Waals surface area contributed by atoms with E-state index < -0.39 is 6.04 Å². The molecule has 0 aromatic heterocycles. The maximum absolute atomic E-state index is 12.4. The molecule has 1 heterocycles. The molecular weight excluding hydrogens is 276 g/mol. The number of carbonyl (C=O) groups excluding carboxylic acids is 2. The lowest BCUT2D eigenvalue weighted by Crippen LogP contribution is -2.50. The van der Waals surface area contributed by atoms with Crippen LogP contribution in [0.2, 0.25) is 0 Å². The molecule has 0 spiro atoms. The van der Waals surface area contributed by atoms with E-state index in [2.05, 4.69) is 0 Å². The summed E-state index contributed by atoms with van der Waals surface area (Å²) in [6.07, 6.45) is 1.93. The summed E-state index contributed by atoms with van der Waals surface area (Å²) in [6.45, 7) is 7.78. The lowest BCUT2D eigenvalue weighted by molar-refractivity contribution is -0.148. The summed E-state index contributed by atoms with van der Waals surface area (Å²) in [5, 5.41) is 0. The third-order valence-electron chi connectivity index (χ3n) is 3.94. The molecule has 0 saturated carbocycles. The molecule has 1 aliphatic rings. The number of imide groups is 1. The fourth-order valence-corrected chi connectivity index (χ4v) is 2.68. The van der Waals surface area contributed by atoms with Crippen LogP contribution in [0.3, 0.4) is 0 Å². The molecule has 2 N–H and O–H groups in total. The van der Waals surface area contributed by atoms with Gasteiger partial charge in [-0.25, -0.2) is 0 Å². The van der Waals surface area contributed by atoms with Crippen molar-refractivity contribution in [3.8, 4) is 0 Å². The standard InChI is InChI=1S/C16H22N2O2.C2H6/c1-11-8-9-14(17)16(20)18(15(11)19)12(2)10-13-6-4-3-5-7-13;1-2/h3-7,11-12,14H,8-10,17H2,1-2H3;1-2H3/t11?,12-,14?;/m0./s1. The Morgan fingerprint density at radius 2 is 1.73 bits per heavy atom. The Morgan fingerprint density at radius 1 is 1.14 bits per heavy atom. The van der Waals surface area contributed by atoms with Crippen molar-refractivity contribution in [2.45, 2.75) is 59.0 Å². The first kappa shape index (κ1) is 18.4. The molecule has 3 atom stereocenters.